The van der Waals surface area contributed by atoms with E-state index in [2.05, 4.69) is 4.98 Å². The molecular weight excluding hydrogens is 542 g/mol. The first-order valence-corrected chi connectivity index (χ1v) is 16.2. The third kappa shape index (κ3) is 6.13. The lowest BCUT2D eigenvalue weighted by Gasteiger charge is -2.30. The van der Waals surface area contributed by atoms with E-state index in [0.29, 0.717) is 30.2 Å². The fourth-order valence-electron chi connectivity index (χ4n) is 6.20. The van der Waals surface area contributed by atoms with E-state index >= 15 is 0 Å². The van der Waals surface area contributed by atoms with E-state index in [1.54, 1.807) is 29.3 Å². The SMILES string of the molecule is Cc1cccc(CS(=O)(=O)c2ncc(CN(CC3CCCO3)C(=O)c3ccc4c(c3)OCO4)n2C2CCCCC2)c1. The summed E-state index contributed by atoms with van der Waals surface area (Å²) in [6.07, 6.45) is 8.40. The van der Waals surface area contributed by atoms with Crippen LogP contribution in [0.1, 0.15) is 78.2 Å². The largest absolute Gasteiger partial charge is 0.454 e. The van der Waals surface area contributed by atoms with Crippen LogP contribution >= 0.6 is 0 Å². The Balaban J connectivity index is 1.34. The van der Waals surface area contributed by atoms with Crippen molar-refractivity contribution in [3.05, 3.63) is 71.0 Å². The van der Waals surface area contributed by atoms with Gasteiger partial charge in [-0.25, -0.2) is 13.4 Å². The van der Waals surface area contributed by atoms with Crippen LogP contribution in [0, 0.1) is 6.92 Å². The fraction of sp³-hybridized carbons (Fsp3) is 0.484. The second-order valence-electron chi connectivity index (χ2n) is 11.3. The number of carbonyl (C=O) groups excluding carboxylic acids is 1. The molecular formula is C31H37N3O6S. The number of hydrogen-bond donors (Lipinski definition) is 0. The third-order valence-electron chi connectivity index (χ3n) is 8.20. The van der Waals surface area contributed by atoms with Gasteiger partial charge in [-0.05, 0) is 56.4 Å². The molecule has 0 spiro atoms. The van der Waals surface area contributed by atoms with Crippen LogP contribution in [0.15, 0.2) is 53.8 Å². The van der Waals surface area contributed by atoms with E-state index in [9.17, 15) is 13.2 Å². The summed E-state index contributed by atoms with van der Waals surface area (Å²) < 4.78 is 46.4. The second-order valence-corrected chi connectivity index (χ2v) is 13.2. The Bertz CT molecular complexity index is 1510. The van der Waals surface area contributed by atoms with Gasteiger partial charge in [0, 0.05) is 24.8 Å². The zero-order valence-corrected chi connectivity index (χ0v) is 24.3. The summed E-state index contributed by atoms with van der Waals surface area (Å²) in [6.45, 7) is 3.41. The standard InChI is InChI=1S/C31H37N3O6S/c1-22-7-5-8-23(15-22)20-41(36,37)31-32-17-26(34(31)25-9-3-2-4-10-25)18-33(19-27-11-6-14-38-27)30(35)24-12-13-28-29(16-24)40-21-39-28/h5,7-8,12-13,15-17,25,27H,2-4,6,9-11,14,18-21H2,1H3. The van der Waals surface area contributed by atoms with Crippen LogP contribution in [0.4, 0.5) is 0 Å². The van der Waals surface area contributed by atoms with Gasteiger partial charge in [0.1, 0.15) is 0 Å². The van der Waals surface area contributed by atoms with Gasteiger partial charge in [-0.1, -0.05) is 49.1 Å². The van der Waals surface area contributed by atoms with E-state index in [1.165, 1.54) is 0 Å². The fourth-order valence-corrected chi connectivity index (χ4v) is 7.73. The summed E-state index contributed by atoms with van der Waals surface area (Å²) in [7, 11) is -3.73. The van der Waals surface area contributed by atoms with Crippen LogP contribution < -0.4 is 9.47 Å². The number of ether oxygens (including phenoxy) is 3. The van der Waals surface area contributed by atoms with Gasteiger partial charge in [0.2, 0.25) is 21.8 Å². The molecule has 10 heteroatoms. The molecule has 3 aromatic rings. The molecule has 1 saturated heterocycles. The zero-order valence-electron chi connectivity index (χ0n) is 23.5. The van der Waals surface area contributed by atoms with Crippen LogP contribution in [0.3, 0.4) is 0 Å². The van der Waals surface area contributed by atoms with E-state index in [4.69, 9.17) is 14.2 Å². The number of aromatic nitrogens is 2. The molecule has 1 saturated carbocycles. The first-order chi connectivity index (χ1) is 19.9. The topological polar surface area (TPSA) is 100.0 Å². The van der Waals surface area contributed by atoms with Crippen molar-refractivity contribution in [2.24, 2.45) is 0 Å². The summed E-state index contributed by atoms with van der Waals surface area (Å²) in [6, 6.07) is 12.8. The first-order valence-electron chi connectivity index (χ1n) is 14.5. The highest BCUT2D eigenvalue weighted by molar-refractivity contribution is 7.90. The predicted molar refractivity (Wildman–Crippen MR) is 153 cm³/mol. The van der Waals surface area contributed by atoms with Crippen LogP contribution in [-0.4, -0.2) is 54.8 Å². The molecule has 2 aromatic carbocycles. The smallest absolute Gasteiger partial charge is 0.254 e. The van der Waals surface area contributed by atoms with Gasteiger partial charge in [-0.15, -0.1) is 0 Å². The lowest BCUT2D eigenvalue weighted by Crippen LogP contribution is -2.38. The van der Waals surface area contributed by atoms with Crippen molar-refractivity contribution < 1.29 is 27.4 Å². The summed E-state index contributed by atoms with van der Waals surface area (Å²) >= 11 is 0. The van der Waals surface area contributed by atoms with Crippen LogP contribution in [0.2, 0.25) is 0 Å². The second kappa shape index (κ2) is 11.9. The molecule has 1 unspecified atom stereocenters. The maximum absolute atomic E-state index is 13.9. The number of imidazole rings is 1. The van der Waals surface area contributed by atoms with Crippen molar-refractivity contribution in [3.8, 4) is 11.5 Å². The molecule has 1 amide bonds. The predicted octanol–water partition coefficient (Wildman–Crippen LogP) is 5.22. The number of sulfone groups is 1. The molecule has 218 valence electrons. The molecule has 2 aliphatic heterocycles. The number of nitrogens with zero attached hydrogens (tertiary/aromatic N) is 3. The molecule has 3 heterocycles. The molecule has 6 rings (SSSR count). The molecule has 1 aromatic heterocycles. The monoisotopic (exact) mass is 579 g/mol. The van der Waals surface area contributed by atoms with E-state index in [1.807, 2.05) is 35.8 Å². The van der Waals surface area contributed by atoms with Crippen molar-refractivity contribution in [1.82, 2.24) is 14.5 Å². The van der Waals surface area contributed by atoms with Gasteiger partial charge in [0.05, 0.1) is 30.3 Å². The molecule has 0 N–H and O–H groups in total. The summed E-state index contributed by atoms with van der Waals surface area (Å²) in [5.41, 5.74) is 2.97. The van der Waals surface area contributed by atoms with E-state index in [0.717, 1.165) is 61.8 Å². The average Bonchev–Trinajstić information content (AvgIpc) is 3.73. The zero-order chi connectivity index (χ0) is 28.4. The number of hydrogen-bond acceptors (Lipinski definition) is 7. The summed E-state index contributed by atoms with van der Waals surface area (Å²) in [5.74, 6) is 0.878. The van der Waals surface area contributed by atoms with Crippen molar-refractivity contribution in [1.29, 1.82) is 0 Å². The Kier molecular flexibility index (Phi) is 8.03. The molecule has 0 bridgehead atoms. The van der Waals surface area contributed by atoms with Crippen molar-refractivity contribution in [3.63, 3.8) is 0 Å². The number of aryl methyl sites for hydroxylation is 1. The maximum atomic E-state index is 13.9. The Labute approximate surface area is 241 Å². The van der Waals surface area contributed by atoms with Crippen LogP contribution in [0.5, 0.6) is 11.5 Å². The van der Waals surface area contributed by atoms with Gasteiger partial charge in [-0.3, -0.25) is 4.79 Å². The maximum Gasteiger partial charge on any atom is 0.254 e. The molecule has 0 radical (unpaired) electrons. The number of amides is 1. The lowest BCUT2D eigenvalue weighted by molar-refractivity contribution is 0.0499. The van der Waals surface area contributed by atoms with E-state index < -0.39 is 9.84 Å². The normalized spacial score (nSPS) is 19.0. The van der Waals surface area contributed by atoms with Gasteiger partial charge in [-0.2, -0.15) is 0 Å². The lowest BCUT2D eigenvalue weighted by atomic mass is 9.95. The molecule has 3 aliphatic rings. The minimum Gasteiger partial charge on any atom is -0.454 e. The Morgan fingerprint density at radius 2 is 1.85 bits per heavy atom. The van der Waals surface area contributed by atoms with Gasteiger partial charge in [0.15, 0.2) is 11.5 Å². The Hall–Kier alpha value is -3.37. The van der Waals surface area contributed by atoms with Crippen molar-refractivity contribution in [2.75, 3.05) is 19.9 Å². The number of rotatable bonds is 9. The minimum absolute atomic E-state index is 0.0220. The van der Waals surface area contributed by atoms with Gasteiger partial charge in [0.25, 0.3) is 5.91 Å². The van der Waals surface area contributed by atoms with Crippen LogP contribution in [-0.2, 0) is 26.9 Å². The number of carbonyl (C=O) groups is 1. The molecule has 1 atom stereocenters. The number of fused-ring (bicyclic) bond motifs is 1. The molecule has 41 heavy (non-hydrogen) atoms. The minimum atomic E-state index is -3.73. The van der Waals surface area contributed by atoms with E-state index in [-0.39, 0.29) is 42.3 Å². The van der Waals surface area contributed by atoms with Crippen molar-refractivity contribution in [2.45, 2.75) is 81.5 Å². The summed E-state index contributed by atoms with van der Waals surface area (Å²) in [5, 5.41) is 0.0912. The van der Waals surface area contributed by atoms with Gasteiger partial charge >= 0.3 is 0 Å². The third-order valence-corrected chi connectivity index (χ3v) is 9.78. The van der Waals surface area contributed by atoms with Crippen LogP contribution in [0.25, 0.3) is 0 Å². The Morgan fingerprint density at radius 3 is 2.63 bits per heavy atom. The Morgan fingerprint density at radius 1 is 1.02 bits per heavy atom. The molecule has 2 fully saturated rings. The summed E-state index contributed by atoms with van der Waals surface area (Å²) in [4.78, 5) is 20.2. The average molecular weight is 580 g/mol. The molecule has 9 nitrogen and oxygen atoms in total. The van der Waals surface area contributed by atoms with Crippen molar-refractivity contribution >= 4 is 15.7 Å². The van der Waals surface area contributed by atoms with Gasteiger partial charge < -0.3 is 23.7 Å². The quantitative estimate of drug-likeness (QED) is 0.343. The highest BCUT2D eigenvalue weighted by Gasteiger charge is 2.32. The molecule has 1 aliphatic carbocycles. The first kappa shape index (κ1) is 27.8. The highest BCUT2D eigenvalue weighted by Crippen LogP contribution is 2.35. The highest BCUT2D eigenvalue weighted by atomic mass is 32.2. The number of benzene rings is 2.